The maximum absolute atomic E-state index is 13.5. The van der Waals surface area contributed by atoms with Crippen LogP contribution in [-0.2, 0) is 24.8 Å². The number of ether oxygens (including phenoxy) is 2. The SMILES string of the molecule is Cc1ccc(S(=O)(=O)N2C[C@@H](C(=O)NCCOc3ccc(S(=O)(=O)N4CCCC4)cc3)Oc3ccccc32)cc1. The van der Waals surface area contributed by atoms with Crippen molar-refractivity contribution < 1.29 is 31.1 Å². The average molecular weight is 586 g/mol. The molecule has 0 spiro atoms. The molecule has 3 aromatic carbocycles. The highest BCUT2D eigenvalue weighted by Crippen LogP contribution is 2.36. The van der Waals surface area contributed by atoms with E-state index in [0.29, 0.717) is 30.3 Å². The number of amides is 1. The molecule has 1 amide bonds. The zero-order valence-corrected chi connectivity index (χ0v) is 23.7. The summed E-state index contributed by atoms with van der Waals surface area (Å²) in [6.07, 6.45) is 0.668. The van der Waals surface area contributed by atoms with Crippen LogP contribution in [0.3, 0.4) is 0 Å². The molecule has 3 aromatic rings. The predicted molar refractivity (Wildman–Crippen MR) is 150 cm³/mol. The highest BCUT2D eigenvalue weighted by molar-refractivity contribution is 7.92. The van der Waals surface area contributed by atoms with Crippen molar-refractivity contribution in [1.29, 1.82) is 0 Å². The van der Waals surface area contributed by atoms with Gasteiger partial charge in [-0.15, -0.1) is 0 Å². The third-order valence-electron chi connectivity index (χ3n) is 6.83. The molecule has 10 nitrogen and oxygen atoms in total. The van der Waals surface area contributed by atoms with Crippen molar-refractivity contribution in [1.82, 2.24) is 9.62 Å². The largest absolute Gasteiger partial charge is 0.492 e. The summed E-state index contributed by atoms with van der Waals surface area (Å²) in [4.78, 5) is 13.3. The number of rotatable bonds is 9. The van der Waals surface area contributed by atoms with Crippen molar-refractivity contribution in [2.45, 2.75) is 35.7 Å². The second-order valence-electron chi connectivity index (χ2n) is 9.65. The first-order chi connectivity index (χ1) is 19.2. The van der Waals surface area contributed by atoms with Crippen LogP contribution in [0.25, 0.3) is 0 Å². The number of anilines is 1. The summed E-state index contributed by atoms with van der Waals surface area (Å²) in [5.41, 5.74) is 1.30. The molecule has 1 atom stereocenters. The summed E-state index contributed by atoms with van der Waals surface area (Å²) in [6.45, 7) is 3.02. The number of nitrogens with one attached hydrogen (secondary N) is 1. The normalized spacial score (nSPS) is 17.6. The highest BCUT2D eigenvalue weighted by Gasteiger charge is 2.37. The van der Waals surface area contributed by atoms with Crippen LogP contribution < -0.4 is 19.1 Å². The Morgan fingerprint density at radius 1 is 0.900 bits per heavy atom. The van der Waals surface area contributed by atoms with E-state index in [0.717, 1.165) is 18.4 Å². The van der Waals surface area contributed by atoms with Gasteiger partial charge in [0.2, 0.25) is 10.0 Å². The fourth-order valence-electron chi connectivity index (χ4n) is 4.65. The molecule has 12 heteroatoms. The van der Waals surface area contributed by atoms with Gasteiger partial charge in [0.25, 0.3) is 15.9 Å². The number of hydrogen-bond donors (Lipinski definition) is 1. The standard InChI is InChI=1S/C28H31N3O7S2/c1-21-8-12-24(13-9-21)40(35,36)31-20-27(38-26-7-3-2-6-25(26)31)28(32)29-16-19-37-22-10-14-23(15-11-22)39(33,34)30-17-4-5-18-30/h2-3,6-15,27H,4-5,16-20H2,1H3,(H,29,32)/t27-/m0/s1. The summed E-state index contributed by atoms with van der Waals surface area (Å²) < 4.78 is 66.5. The van der Waals surface area contributed by atoms with Crippen LogP contribution in [0.4, 0.5) is 5.69 Å². The van der Waals surface area contributed by atoms with Crippen LogP contribution in [0, 0.1) is 6.92 Å². The maximum Gasteiger partial charge on any atom is 0.264 e. The summed E-state index contributed by atoms with van der Waals surface area (Å²) in [5, 5.41) is 2.73. The van der Waals surface area contributed by atoms with Crippen molar-refractivity contribution in [3.05, 3.63) is 78.4 Å². The van der Waals surface area contributed by atoms with Crippen LogP contribution in [0.15, 0.2) is 82.6 Å². The number of carbonyl (C=O) groups excluding carboxylic acids is 1. The molecule has 2 heterocycles. The van der Waals surface area contributed by atoms with Crippen LogP contribution >= 0.6 is 0 Å². The van der Waals surface area contributed by atoms with Crippen LogP contribution in [-0.4, -0.2) is 65.9 Å². The van der Waals surface area contributed by atoms with E-state index in [2.05, 4.69) is 5.32 Å². The van der Waals surface area contributed by atoms with Crippen LogP contribution in [0.1, 0.15) is 18.4 Å². The first-order valence-corrected chi connectivity index (χ1v) is 15.9. The Morgan fingerprint density at radius 2 is 1.52 bits per heavy atom. The van der Waals surface area contributed by atoms with Crippen molar-refractivity contribution in [2.24, 2.45) is 0 Å². The Bertz CT molecular complexity index is 1570. The van der Waals surface area contributed by atoms with E-state index in [1.807, 2.05) is 6.92 Å². The van der Waals surface area contributed by atoms with Crippen molar-refractivity contribution >= 4 is 31.6 Å². The monoisotopic (exact) mass is 585 g/mol. The lowest BCUT2D eigenvalue weighted by atomic mass is 10.2. The molecule has 1 N–H and O–H groups in total. The smallest absolute Gasteiger partial charge is 0.264 e. The lowest BCUT2D eigenvalue weighted by molar-refractivity contribution is -0.127. The molecule has 0 aromatic heterocycles. The van der Waals surface area contributed by atoms with Gasteiger partial charge in [0.15, 0.2) is 6.10 Å². The zero-order valence-electron chi connectivity index (χ0n) is 22.0. The number of carbonyl (C=O) groups is 1. The van der Waals surface area contributed by atoms with Gasteiger partial charge in [0.05, 0.1) is 28.6 Å². The van der Waals surface area contributed by atoms with E-state index in [-0.39, 0.29) is 29.5 Å². The maximum atomic E-state index is 13.5. The Morgan fingerprint density at radius 3 is 2.23 bits per heavy atom. The summed E-state index contributed by atoms with van der Waals surface area (Å²) >= 11 is 0. The average Bonchev–Trinajstić information content (AvgIpc) is 3.51. The van der Waals surface area contributed by atoms with Gasteiger partial charge in [0.1, 0.15) is 18.1 Å². The minimum Gasteiger partial charge on any atom is -0.492 e. The topological polar surface area (TPSA) is 122 Å². The molecule has 2 aliphatic heterocycles. The molecular weight excluding hydrogens is 554 g/mol. The third-order valence-corrected chi connectivity index (χ3v) is 10.5. The van der Waals surface area contributed by atoms with E-state index in [9.17, 15) is 21.6 Å². The number of nitrogens with zero attached hydrogens (tertiary/aromatic N) is 2. The lowest BCUT2D eigenvalue weighted by Crippen LogP contribution is -2.51. The summed E-state index contributed by atoms with van der Waals surface area (Å²) in [5.74, 6) is 0.284. The number of para-hydroxylation sites is 2. The van der Waals surface area contributed by atoms with Gasteiger partial charge in [-0.25, -0.2) is 16.8 Å². The first-order valence-electron chi connectivity index (χ1n) is 13.0. The van der Waals surface area contributed by atoms with Gasteiger partial charge < -0.3 is 14.8 Å². The molecule has 2 aliphatic rings. The van der Waals surface area contributed by atoms with E-state index < -0.39 is 32.1 Å². The molecule has 0 radical (unpaired) electrons. The molecule has 0 bridgehead atoms. The second-order valence-corrected chi connectivity index (χ2v) is 13.4. The molecule has 40 heavy (non-hydrogen) atoms. The molecule has 1 saturated heterocycles. The molecule has 212 valence electrons. The minimum atomic E-state index is -3.94. The fourth-order valence-corrected chi connectivity index (χ4v) is 7.64. The van der Waals surface area contributed by atoms with E-state index in [4.69, 9.17) is 9.47 Å². The second kappa shape index (κ2) is 11.5. The minimum absolute atomic E-state index is 0.124. The Labute approximate surface area is 234 Å². The van der Waals surface area contributed by atoms with Crippen molar-refractivity contribution in [3.8, 4) is 11.5 Å². The molecule has 5 rings (SSSR count). The summed E-state index contributed by atoms with van der Waals surface area (Å²) in [6, 6.07) is 19.4. The van der Waals surface area contributed by atoms with Crippen molar-refractivity contribution in [3.63, 3.8) is 0 Å². The van der Waals surface area contributed by atoms with E-state index >= 15 is 0 Å². The number of benzene rings is 3. The number of aryl methyl sites for hydroxylation is 1. The predicted octanol–water partition coefficient (Wildman–Crippen LogP) is 2.93. The van der Waals surface area contributed by atoms with Gasteiger partial charge in [-0.3, -0.25) is 9.10 Å². The van der Waals surface area contributed by atoms with Gasteiger partial charge in [-0.2, -0.15) is 4.31 Å². The first kappa shape index (κ1) is 27.9. The molecule has 0 saturated carbocycles. The van der Waals surface area contributed by atoms with E-state index in [1.165, 1.54) is 20.7 Å². The Hall–Kier alpha value is -3.61. The van der Waals surface area contributed by atoms with Gasteiger partial charge in [-0.1, -0.05) is 29.8 Å². The lowest BCUT2D eigenvalue weighted by Gasteiger charge is -2.34. The molecule has 0 unspecified atom stereocenters. The van der Waals surface area contributed by atoms with Crippen LogP contribution in [0.2, 0.25) is 0 Å². The Kier molecular flexibility index (Phi) is 8.02. The van der Waals surface area contributed by atoms with Gasteiger partial charge in [0, 0.05) is 13.1 Å². The molecular formula is C28H31N3O7S2. The van der Waals surface area contributed by atoms with Crippen molar-refractivity contribution in [2.75, 3.05) is 37.1 Å². The number of hydrogen-bond acceptors (Lipinski definition) is 7. The number of sulfonamides is 2. The Balaban J connectivity index is 1.19. The van der Waals surface area contributed by atoms with Gasteiger partial charge >= 0.3 is 0 Å². The third kappa shape index (κ3) is 5.79. The fraction of sp³-hybridized carbons (Fsp3) is 0.321. The molecule has 1 fully saturated rings. The zero-order chi connectivity index (χ0) is 28.3. The quantitative estimate of drug-likeness (QED) is 0.383. The summed E-state index contributed by atoms with van der Waals surface area (Å²) in [7, 11) is -7.44. The molecule has 0 aliphatic carbocycles. The van der Waals surface area contributed by atoms with E-state index in [1.54, 1.807) is 60.7 Å². The highest BCUT2D eigenvalue weighted by atomic mass is 32.2. The van der Waals surface area contributed by atoms with Gasteiger partial charge in [-0.05, 0) is 68.3 Å². The number of fused-ring (bicyclic) bond motifs is 1. The van der Waals surface area contributed by atoms with Crippen LogP contribution in [0.5, 0.6) is 11.5 Å².